The summed E-state index contributed by atoms with van der Waals surface area (Å²) < 4.78 is 66.3. The van der Waals surface area contributed by atoms with Crippen molar-refractivity contribution in [3.05, 3.63) is 53.1 Å². The number of halogens is 4. The van der Waals surface area contributed by atoms with Gasteiger partial charge in [0.2, 0.25) is 0 Å². The molecule has 10 heteroatoms. The zero-order valence-electron chi connectivity index (χ0n) is 13.3. The summed E-state index contributed by atoms with van der Waals surface area (Å²) in [6, 6.07) is 7.88. The average Bonchev–Trinajstić information content (AvgIpc) is 2.52. The molecule has 0 saturated carbocycles. The lowest BCUT2D eigenvalue weighted by Gasteiger charge is -2.12. The fraction of sp³-hybridized carbons (Fsp3) is 0.188. The Bertz CT molecular complexity index is 929. The monoisotopic (exact) mass is 407 g/mol. The minimum Gasteiger partial charge on any atom is -0.425 e. The molecule has 0 amide bonds. The molecule has 2 aromatic rings. The highest BCUT2D eigenvalue weighted by Crippen LogP contribution is 2.31. The second-order valence-electron chi connectivity index (χ2n) is 5.27. The minimum atomic E-state index is -4.56. The predicted octanol–water partition coefficient (Wildman–Crippen LogP) is 3.78. The molecule has 0 aliphatic rings. The average molecular weight is 408 g/mol. The predicted molar refractivity (Wildman–Crippen MR) is 90.1 cm³/mol. The minimum absolute atomic E-state index is 0.114. The summed E-state index contributed by atoms with van der Waals surface area (Å²) in [5, 5.41) is 2.77. The number of alkyl halides is 3. The zero-order valence-corrected chi connectivity index (χ0v) is 14.9. The molecule has 0 unspecified atom stereocenters. The molecular weight excluding hydrogens is 395 g/mol. The van der Waals surface area contributed by atoms with E-state index in [0.717, 1.165) is 18.4 Å². The van der Waals surface area contributed by atoms with Gasteiger partial charge in [0.15, 0.2) is 9.84 Å². The second-order valence-corrected chi connectivity index (χ2v) is 7.69. The summed E-state index contributed by atoms with van der Waals surface area (Å²) in [5.74, 6) is -1.16. The van der Waals surface area contributed by atoms with Crippen LogP contribution in [0.2, 0.25) is 5.02 Å². The number of carbonyl (C=O) groups is 1. The van der Waals surface area contributed by atoms with Gasteiger partial charge in [0, 0.05) is 11.3 Å². The van der Waals surface area contributed by atoms with Crippen molar-refractivity contribution in [1.29, 1.82) is 0 Å². The molecule has 0 aliphatic heterocycles. The summed E-state index contributed by atoms with van der Waals surface area (Å²) >= 11 is 5.77. The summed E-state index contributed by atoms with van der Waals surface area (Å²) in [7, 11) is -3.61. The van der Waals surface area contributed by atoms with Crippen molar-refractivity contribution in [3.63, 3.8) is 0 Å². The molecule has 26 heavy (non-hydrogen) atoms. The van der Waals surface area contributed by atoms with Crippen molar-refractivity contribution in [3.8, 4) is 5.75 Å². The molecule has 0 aromatic heterocycles. The zero-order chi connectivity index (χ0) is 19.5. The van der Waals surface area contributed by atoms with Gasteiger partial charge in [-0.2, -0.15) is 13.2 Å². The number of hydrogen-bond acceptors (Lipinski definition) is 5. The number of ether oxygens (including phenoxy) is 1. The van der Waals surface area contributed by atoms with Gasteiger partial charge in [-0.3, -0.25) is 0 Å². The number of hydrogen-bond donors (Lipinski definition) is 1. The highest BCUT2D eigenvalue weighted by Gasteiger charge is 2.30. The lowest BCUT2D eigenvalue weighted by atomic mass is 10.2. The lowest BCUT2D eigenvalue weighted by Crippen LogP contribution is -2.20. The summed E-state index contributed by atoms with van der Waals surface area (Å²) in [6.45, 7) is -0.458. The Hall–Kier alpha value is -2.26. The molecule has 5 nitrogen and oxygen atoms in total. The van der Waals surface area contributed by atoms with Crippen LogP contribution >= 0.6 is 11.6 Å². The Morgan fingerprint density at radius 1 is 1.19 bits per heavy atom. The van der Waals surface area contributed by atoms with E-state index in [-0.39, 0.29) is 21.4 Å². The van der Waals surface area contributed by atoms with Crippen LogP contribution in [0.5, 0.6) is 5.75 Å². The summed E-state index contributed by atoms with van der Waals surface area (Å²) in [5.41, 5.74) is -0.828. The van der Waals surface area contributed by atoms with E-state index < -0.39 is 34.1 Å². The third kappa shape index (κ3) is 5.37. The molecule has 0 radical (unpaired) electrons. The Labute approximate surface area is 152 Å². The third-order valence-electron chi connectivity index (χ3n) is 3.16. The summed E-state index contributed by atoms with van der Waals surface area (Å²) in [4.78, 5) is 11.7. The van der Waals surface area contributed by atoms with Gasteiger partial charge in [0.05, 0.1) is 16.1 Å². The fourth-order valence-electron chi connectivity index (χ4n) is 2.02. The third-order valence-corrected chi connectivity index (χ3v) is 4.53. The molecule has 0 heterocycles. The molecule has 0 aliphatic carbocycles. The topological polar surface area (TPSA) is 72.5 Å². The number of benzene rings is 2. The van der Waals surface area contributed by atoms with Crippen molar-refractivity contribution in [2.75, 3.05) is 18.1 Å². The van der Waals surface area contributed by atoms with Gasteiger partial charge in [-0.25, -0.2) is 13.2 Å². The Morgan fingerprint density at radius 3 is 2.50 bits per heavy atom. The van der Waals surface area contributed by atoms with Gasteiger partial charge in [-0.1, -0.05) is 17.7 Å². The van der Waals surface area contributed by atoms with Gasteiger partial charge in [-0.15, -0.1) is 0 Å². The van der Waals surface area contributed by atoms with E-state index in [0.29, 0.717) is 6.07 Å². The van der Waals surface area contributed by atoms with Crippen molar-refractivity contribution in [1.82, 2.24) is 0 Å². The number of anilines is 1. The van der Waals surface area contributed by atoms with E-state index in [4.69, 9.17) is 16.3 Å². The summed E-state index contributed by atoms with van der Waals surface area (Å²) in [6.07, 6.45) is -3.58. The largest absolute Gasteiger partial charge is 0.425 e. The number of rotatable bonds is 5. The van der Waals surface area contributed by atoms with E-state index in [1.807, 2.05) is 0 Å². The first-order chi connectivity index (χ1) is 12.0. The first-order valence-corrected chi connectivity index (χ1v) is 9.35. The van der Waals surface area contributed by atoms with Gasteiger partial charge in [0.25, 0.3) is 0 Å². The first-order valence-electron chi connectivity index (χ1n) is 7.08. The number of nitrogens with one attached hydrogen (secondary N) is 1. The smallest absolute Gasteiger partial charge is 0.416 e. The Morgan fingerprint density at radius 2 is 1.88 bits per heavy atom. The van der Waals surface area contributed by atoms with Gasteiger partial charge < -0.3 is 10.1 Å². The molecule has 0 bridgehead atoms. The van der Waals surface area contributed by atoms with Gasteiger partial charge in [-0.05, 0) is 36.4 Å². The number of sulfone groups is 1. The van der Waals surface area contributed by atoms with Crippen molar-refractivity contribution in [2.45, 2.75) is 11.1 Å². The SMILES string of the molecule is CS(=O)(=O)c1cc(Cl)ccc1NCC(=O)Oc1cccc(C(F)(F)F)c1. The van der Waals surface area contributed by atoms with Crippen LogP contribution in [0.25, 0.3) is 0 Å². The normalized spacial score (nSPS) is 11.9. The number of carbonyl (C=O) groups excluding carboxylic acids is 1. The lowest BCUT2D eigenvalue weighted by molar-refractivity contribution is -0.138. The van der Waals surface area contributed by atoms with Crippen LogP contribution < -0.4 is 10.1 Å². The Balaban J connectivity index is 2.09. The van der Waals surface area contributed by atoms with E-state index in [9.17, 15) is 26.4 Å². The van der Waals surface area contributed by atoms with E-state index in [2.05, 4.69) is 5.32 Å². The maximum Gasteiger partial charge on any atom is 0.416 e. The van der Waals surface area contributed by atoms with Crippen molar-refractivity contribution < 1.29 is 31.1 Å². The van der Waals surface area contributed by atoms with Crippen molar-refractivity contribution in [2.24, 2.45) is 0 Å². The van der Waals surface area contributed by atoms with E-state index >= 15 is 0 Å². The molecule has 1 N–H and O–H groups in total. The Kier molecular flexibility index (Phi) is 5.82. The highest BCUT2D eigenvalue weighted by molar-refractivity contribution is 7.90. The van der Waals surface area contributed by atoms with Crippen LogP contribution in [-0.2, 0) is 20.8 Å². The maximum atomic E-state index is 12.6. The fourth-order valence-corrected chi connectivity index (χ4v) is 3.14. The molecule has 140 valence electrons. The molecule has 0 atom stereocenters. The first kappa shape index (κ1) is 20.1. The van der Waals surface area contributed by atoms with Crippen LogP contribution in [0.3, 0.4) is 0 Å². The standard InChI is InChI=1S/C16H13ClF3NO4S/c1-26(23,24)14-8-11(17)5-6-13(14)21-9-15(22)25-12-4-2-3-10(7-12)16(18,19)20/h2-8,21H,9H2,1H3. The van der Waals surface area contributed by atoms with E-state index in [1.54, 1.807) is 0 Å². The molecule has 0 saturated heterocycles. The van der Waals surface area contributed by atoms with Crippen LogP contribution in [0.1, 0.15) is 5.56 Å². The second kappa shape index (κ2) is 7.55. The van der Waals surface area contributed by atoms with Crippen molar-refractivity contribution >= 4 is 33.1 Å². The molecule has 2 rings (SSSR count). The molecule has 2 aromatic carbocycles. The highest BCUT2D eigenvalue weighted by atomic mass is 35.5. The number of esters is 1. The van der Waals surface area contributed by atoms with Crippen LogP contribution in [-0.4, -0.2) is 27.2 Å². The van der Waals surface area contributed by atoms with Gasteiger partial charge >= 0.3 is 12.1 Å². The molecular formula is C16H13ClF3NO4S. The van der Waals surface area contributed by atoms with E-state index in [1.165, 1.54) is 24.3 Å². The maximum absolute atomic E-state index is 12.6. The van der Waals surface area contributed by atoms with Gasteiger partial charge in [0.1, 0.15) is 12.3 Å². The van der Waals surface area contributed by atoms with Crippen LogP contribution in [0.15, 0.2) is 47.4 Å². The quantitative estimate of drug-likeness (QED) is 0.603. The van der Waals surface area contributed by atoms with Crippen LogP contribution in [0.4, 0.5) is 18.9 Å². The van der Waals surface area contributed by atoms with Crippen LogP contribution in [0, 0.1) is 0 Å². The molecule has 0 fully saturated rings. The molecule has 0 spiro atoms.